The molecular weight excluding hydrogens is 448 g/mol. The van der Waals surface area contributed by atoms with Gasteiger partial charge in [0.25, 0.3) is 5.91 Å². The van der Waals surface area contributed by atoms with Crippen LogP contribution in [0.15, 0.2) is 109 Å². The van der Waals surface area contributed by atoms with E-state index in [1.165, 1.54) is 6.08 Å². The number of nitrogens with zero attached hydrogens (tertiary/aromatic N) is 1. The average Bonchev–Trinajstić information content (AvgIpc) is 2.93. The lowest BCUT2D eigenvalue weighted by Gasteiger charge is -2.17. The Bertz CT molecular complexity index is 1330. The Morgan fingerprint density at radius 2 is 1.39 bits per heavy atom. The van der Waals surface area contributed by atoms with Crippen molar-refractivity contribution >= 4 is 29.1 Å². The quantitative estimate of drug-likeness (QED) is 0.232. The van der Waals surface area contributed by atoms with E-state index in [2.05, 4.69) is 5.32 Å². The number of anilines is 2. The van der Waals surface area contributed by atoms with Gasteiger partial charge in [-0.05, 0) is 71.3 Å². The summed E-state index contributed by atoms with van der Waals surface area (Å²) in [6.07, 6.45) is 3.31. The number of carbonyl (C=O) groups is 2. The Morgan fingerprint density at radius 3 is 2.03 bits per heavy atom. The van der Waals surface area contributed by atoms with Crippen LogP contribution in [0.4, 0.5) is 11.4 Å². The molecule has 0 spiro atoms. The maximum atomic E-state index is 12.6. The molecule has 0 aliphatic carbocycles. The van der Waals surface area contributed by atoms with E-state index in [0.717, 1.165) is 22.4 Å². The van der Waals surface area contributed by atoms with Crippen molar-refractivity contribution in [2.45, 2.75) is 0 Å². The number of amides is 1. The maximum absolute atomic E-state index is 12.6. The van der Waals surface area contributed by atoms with Crippen molar-refractivity contribution in [3.05, 3.63) is 126 Å². The van der Waals surface area contributed by atoms with Crippen molar-refractivity contribution < 1.29 is 14.7 Å². The second-order valence-electron chi connectivity index (χ2n) is 8.41. The molecule has 0 saturated carbocycles. The van der Waals surface area contributed by atoms with Gasteiger partial charge in [0.15, 0.2) is 5.78 Å². The normalized spacial score (nSPS) is 10.8. The van der Waals surface area contributed by atoms with Crippen molar-refractivity contribution in [1.82, 2.24) is 0 Å². The first-order valence-electron chi connectivity index (χ1n) is 11.7. The molecule has 0 atom stereocenters. The summed E-state index contributed by atoms with van der Waals surface area (Å²) in [7, 11) is 1.91. The highest BCUT2D eigenvalue weighted by Gasteiger charge is 2.08. The molecule has 5 heteroatoms. The number of nitrogens with one attached hydrogen (secondary N) is 1. The summed E-state index contributed by atoms with van der Waals surface area (Å²) in [6.45, 7) is 0.654. The monoisotopic (exact) mass is 476 g/mol. The first-order chi connectivity index (χ1) is 17.5. The van der Waals surface area contributed by atoms with E-state index in [1.807, 2.05) is 78.7 Å². The number of benzene rings is 4. The minimum Gasteiger partial charge on any atom is -0.395 e. The molecule has 0 heterocycles. The summed E-state index contributed by atoms with van der Waals surface area (Å²) in [5.41, 5.74) is 5.77. The van der Waals surface area contributed by atoms with Gasteiger partial charge in [0.1, 0.15) is 0 Å². The lowest BCUT2D eigenvalue weighted by molar-refractivity contribution is 0.102. The highest BCUT2D eigenvalue weighted by molar-refractivity contribution is 6.08. The summed E-state index contributed by atoms with van der Waals surface area (Å²) >= 11 is 0. The van der Waals surface area contributed by atoms with E-state index in [-0.39, 0.29) is 18.3 Å². The number of carbonyl (C=O) groups excluding carboxylic acids is 2. The molecule has 0 unspecified atom stereocenters. The van der Waals surface area contributed by atoms with Gasteiger partial charge >= 0.3 is 0 Å². The molecular formula is C31H28N2O3. The van der Waals surface area contributed by atoms with E-state index < -0.39 is 0 Å². The van der Waals surface area contributed by atoms with Crippen LogP contribution in [-0.2, 0) is 0 Å². The van der Waals surface area contributed by atoms with Gasteiger partial charge in [-0.3, -0.25) is 9.59 Å². The van der Waals surface area contributed by atoms with Gasteiger partial charge in [-0.15, -0.1) is 0 Å². The van der Waals surface area contributed by atoms with Crippen molar-refractivity contribution in [2.24, 2.45) is 0 Å². The topological polar surface area (TPSA) is 69.6 Å². The summed E-state index contributed by atoms with van der Waals surface area (Å²) in [6, 6.07) is 32.1. The molecule has 0 aromatic heterocycles. The van der Waals surface area contributed by atoms with Crippen LogP contribution < -0.4 is 10.2 Å². The molecule has 36 heavy (non-hydrogen) atoms. The second-order valence-corrected chi connectivity index (χ2v) is 8.41. The van der Waals surface area contributed by atoms with Crippen LogP contribution in [0.5, 0.6) is 0 Å². The zero-order valence-corrected chi connectivity index (χ0v) is 20.1. The van der Waals surface area contributed by atoms with Crippen LogP contribution in [-0.4, -0.2) is 37.0 Å². The predicted molar refractivity (Wildman–Crippen MR) is 146 cm³/mol. The molecule has 0 radical (unpaired) electrons. The molecule has 0 aliphatic rings. The number of aliphatic hydroxyl groups is 1. The minimum absolute atomic E-state index is 0.0942. The van der Waals surface area contributed by atoms with Gasteiger partial charge in [-0.2, -0.15) is 0 Å². The highest BCUT2D eigenvalue weighted by Crippen LogP contribution is 2.20. The molecule has 4 aromatic rings. The van der Waals surface area contributed by atoms with Crippen LogP contribution in [0.25, 0.3) is 17.2 Å². The second kappa shape index (κ2) is 11.8. The van der Waals surface area contributed by atoms with Crippen LogP contribution in [0, 0.1) is 0 Å². The highest BCUT2D eigenvalue weighted by atomic mass is 16.3. The molecule has 180 valence electrons. The molecule has 4 rings (SSSR count). The molecule has 0 fully saturated rings. The number of hydrogen-bond acceptors (Lipinski definition) is 4. The van der Waals surface area contributed by atoms with Crippen molar-refractivity contribution in [3.8, 4) is 11.1 Å². The first kappa shape index (κ1) is 24.6. The molecule has 0 bridgehead atoms. The summed E-state index contributed by atoms with van der Waals surface area (Å²) < 4.78 is 0. The Balaban J connectivity index is 1.34. The minimum atomic E-state index is -0.207. The first-order valence-corrected chi connectivity index (χ1v) is 11.7. The smallest absolute Gasteiger partial charge is 0.255 e. The third-order valence-electron chi connectivity index (χ3n) is 5.88. The number of ketones is 1. The number of rotatable bonds is 9. The van der Waals surface area contributed by atoms with E-state index >= 15 is 0 Å². The SMILES string of the molecule is CN(CCO)c1ccc(/C=C/C(=O)c2ccc(NC(=O)c3ccc(-c4ccccc4)cc3)cc2)cc1. The zero-order valence-electron chi connectivity index (χ0n) is 20.1. The Morgan fingerprint density at radius 1 is 0.778 bits per heavy atom. The van der Waals surface area contributed by atoms with Crippen molar-refractivity contribution in [3.63, 3.8) is 0 Å². The molecule has 0 saturated heterocycles. The zero-order chi connectivity index (χ0) is 25.3. The largest absolute Gasteiger partial charge is 0.395 e. The van der Waals surface area contributed by atoms with Crippen LogP contribution in [0.3, 0.4) is 0 Å². The summed E-state index contributed by atoms with van der Waals surface area (Å²) in [4.78, 5) is 27.2. The fourth-order valence-electron chi connectivity index (χ4n) is 3.75. The number of allylic oxidation sites excluding steroid dienone is 1. The molecule has 4 aromatic carbocycles. The fraction of sp³-hybridized carbons (Fsp3) is 0.0968. The Kier molecular flexibility index (Phi) is 8.06. The van der Waals surface area contributed by atoms with Gasteiger partial charge in [-0.25, -0.2) is 0 Å². The Labute approximate surface area is 211 Å². The van der Waals surface area contributed by atoms with Crippen LogP contribution in [0.2, 0.25) is 0 Å². The molecule has 2 N–H and O–H groups in total. The number of aliphatic hydroxyl groups excluding tert-OH is 1. The summed E-state index contributed by atoms with van der Waals surface area (Å²) in [5, 5.41) is 11.9. The molecule has 5 nitrogen and oxygen atoms in total. The number of likely N-dealkylation sites (N-methyl/N-ethyl adjacent to an activating group) is 1. The van der Waals surface area contributed by atoms with Gasteiger partial charge in [0.05, 0.1) is 6.61 Å². The van der Waals surface area contributed by atoms with E-state index in [4.69, 9.17) is 5.11 Å². The van der Waals surface area contributed by atoms with Crippen LogP contribution in [0.1, 0.15) is 26.3 Å². The Hall–Kier alpha value is -4.48. The van der Waals surface area contributed by atoms with Gasteiger partial charge < -0.3 is 15.3 Å². The lowest BCUT2D eigenvalue weighted by atomic mass is 10.0. The third-order valence-corrected chi connectivity index (χ3v) is 5.88. The summed E-state index contributed by atoms with van der Waals surface area (Å²) in [5.74, 6) is -0.326. The van der Waals surface area contributed by atoms with Gasteiger partial charge in [0.2, 0.25) is 0 Å². The number of hydrogen-bond donors (Lipinski definition) is 2. The standard InChI is InChI=1S/C31H28N2O3/c1-33(21-22-34)29-18-7-23(8-19-29)9-20-30(35)26-14-16-28(17-15-26)32-31(36)27-12-10-25(11-13-27)24-5-3-2-4-6-24/h2-20,34H,21-22H2,1H3,(H,32,36)/b20-9+. The predicted octanol–water partition coefficient (Wildman–Crippen LogP) is 5.93. The van der Waals surface area contributed by atoms with Crippen molar-refractivity contribution in [2.75, 3.05) is 30.4 Å². The van der Waals surface area contributed by atoms with Gasteiger partial charge in [-0.1, -0.05) is 60.7 Å². The van der Waals surface area contributed by atoms with E-state index in [9.17, 15) is 9.59 Å². The maximum Gasteiger partial charge on any atom is 0.255 e. The van der Waals surface area contributed by atoms with E-state index in [1.54, 1.807) is 42.5 Å². The van der Waals surface area contributed by atoms with Gasteiger partial charge in [0, 0.05) is 36.1 Å². The fourth-order valence-corrected chi connectivity index (χ4v) is 3.75. The molecule has 1 amide bonds. The third kappa shape index (κ3) is 6.34. The van der Waals surface area contributed by atoms with Crippen LogP contribution >= 0.6 is 0 Å². The average molecular weight is 477 g/mol. The van der Waals surface area contributed by atoms with Crippen molar-refractivity contribution in [1.29, 1.82) is 0 Å². The lowest BCUT2D eigenvalue weighted by Crippen LogP contribution is -2.20. The van der Waals surface area contributed by atoms with E-state index in [0.29, 0.717) is 23.4 Å². The molecule has 0 aliphatic heterocycles.